The van der Waals surface area contributed by atoms with Gasteiger partial charge in [-0.2, -0.15) is 0 Å². The van der Waals surface area contributed by atoms with Crippen LogP contribution in [0.4, 0.5) is 10.1 Å². The SMILES string of the molecule is O=C1OC(c2cc([N+](=O)[O-])ccc2Cl)=NC1=Cc1cccc(F)c1. The third-order valence-electron chi connectivity index (χ3n) is 3.16. The molecule has 0 saturated carbocycles. The van der Waals surface area contributed by atoms with Crippen molar-refractivity contribution in [3.8, 4) is 0 Å². The summed E-state index contributed by atoms with van der Waals surface area (Å²) in [5.41, 5.74) is 0.285. The summed E-state index contributed by atoms with van der Waals surface area (Å²) in [5, 5.41) is 11.0. The maximum absolute atomic E-state index is 13.2. The number of rotatable bonds is 3. The maximum Gasteiger partial charge on any atom is 0.363 e. The van der Waals surface area contributed by atoms with Gasteiger partial charge in [0.25, 0.3) is 5.69 Å². The number of carbonyl (C=O) groups excluding carboxylic acids is 1. The number of nitro benzene ring substituents is 1. The van der Waals surface area contributed by atoms with Crippen molar-refractivity contribution in [3.63, 3.8) is 0 Å². The molecule has 0 bridgehead atoms. The van der Waals surface area contributed by atoms with E-state index in [9.17, 15) is 19.3 Å². The normalized spacial score (nSPS) is 15.3. The number of esters is 1. The van der Waals surface area contributed by atoms with Gasteiger partial charge in [-0.15, -0.1) is 0 Å². The number of carbonyl (C=O) groups is 1. The number of hydrogen-bond donors (Lipinski definition) is 0. The Bertz CT molecular complexity index is 924. The minimum atomic E-state index is -0.753. The van der Waals surface area contributed by atoms with Crippen molar-refractivity contribution in [2.75, 3.05) is 0 Å². The van der Waals surface area contributed by atoms with Gasteiger partial charge < -0.3 is 4.74 Å². The van der Waals surface area contributed by atoms with Crippen LogP contribution in [0.3, 0.4) is 0 Å². The van der Waals surface area contributed by atoms with Crippen LogP contribution in [0.5, 0.6) is 0 Å². The highest BCUT2D eigenvalue weighted by atomic mass is 35.5. The molecule has 0 aromatic heterocycles. The minimum Gasteiger partial charge on any atom is -0.402 e. The molecule has 0 saturated heterocycles. The number of hydrogen-bond acceptors (Lipinski definition) is 5. The Morgan fingerprint density at radius 2 is 2.04 bits per heavy atom. The molecule has 0 atom stereocenters. The molecule has 6 nitrogen and oxygen atoms in total. The number of nitrogens with zero attached hydrogens (tertiary/aromatic N) is 2. The average molecular weight is 347 g/mol. The number of cyclic esters (lactones) is 1. The topological polar surface area (TPSA) is 81.8 Å². The molecule has 1 heterocycles. The summed E-state index contributed by atoms with van der Waals surface area (Å²) >= 11 is 5.99. The first-order valence-electron chi connectivity index (χ1n) is 6.66. The minimum absolute atomic E-state index is 0.0572. The molecular weight excluding hydrogens is 339 g/mol. The summed E-state index contributed by atoms with van der Waals surface area (Å²) in [6.07, 6.45) is 1.35. The zero-order chi connectivity index (χ0) is 17.3. The van der Waals surface area contributed by atoms with Crippen LogP contribution < -0.4 is 0 Å². The van der Waals surface area contributed by atoms with E-state index < -0.39 is 16.7 Å². The molecule has 0 radical (unpaired) electrons. The Kier molecular flexibility index (Phi) is 4.09. The van der Waals surface area contributed by atoms with E-state index in [1.807, 2.05) is 0 Å². The van der Waals surface area contributed by atoms with Gasteiger partial charge in [-0.3, -0.25) is 10.1 Å². The van der Waals surface area contributed by atoms with Crippen LogP contribution in [0, 0.1) is 15.9 Å². The predicted molar refractivity (Wildman–Crippen MR) is 85.1 cm³/mol. The van der Waals surface area contributed by atoms with E-state index in [1.165, 1.54) is 42.5 Å². The van der Waals surface area contributed by atoms with Crippen LogP contribution >= 0.6 is 11.6 Å². The number of nitro groups is 1. The van der Waals surface area contributed by atoms with Crippen LogP contribution in [0.25, 0.3) is 6.08 Å². The molecule has 24 heavy (non-hydrogen) atoms. The summed E-state index contributed by atoms with van der Waals surface area (Å²) in [5.74, 6) is -1.35. The summed E-state index contributed by atoms with van der Waals surface area (Å²) in [4.78, 5) is 26.2. The molecule has 0 amide bonds. The smallest absolute Gasteiger partial charge is 0.363 e. The summed E-state index contributed by atoms with van der Waals surface area (Å²) < 4.78 is 18.2. The number of non-ortho nitro benzene ring substituents is 1. The van der Waals surface area contributed by atoms with Gasteiger partial charge in [-0.25, -0.2) is 14.2 Å². The lowest BCUT2D eigenvalue weighted by molar-refractivity contribution is -0.384. The zero-order valence-electron chi connectivity index (χ0n) is 11.9. The van der Waals surface area contributed by atoms with Gasteiger partial charge in [0.1, 0.15) is 5.82 Å². The molecule has 0 aliphatic carbocycles. The first-order valence-corrected chi connectivity index (χ1v) is 7.04. The van der Waals surface area contributed by atoms with E-state index in [4.69, 9.17) is 16.3 Å². The molecule has 8 heteroatoms. The first kappa shape index (κ1) is 15.8. The Labute approximate surface area is 140 Å². The highest BCUT2D eigenvalue weighted by molar-refractivity contribution is 6.34. The Balaban J connectivity index is 2.01. The van der Waals surface area contributed by atoms with Crippen molar-refractivity contribution in [2.45, 2.75) is 0 Å². The second kappa shape index (κ2) is 6.21. The first-order chi connectivity index (χ1) is 11.4. The van der Waals surface area contributed by atoms with E-state index in [1.54, 1.807) is 6.07 Å². The van der Waals surface area contributed by atoms with Crippen LogP contribution in [0.1, 0.15) is 11.1 Å². The molecule has 1 aliphatic rings. The Morgan fingerprint density at radius 3 is 2.75 bits per heavy atom. The van der Waals surface area contributed by atoms with Crippen molar-refractivity contribution >= 4 is 35.2 Å². The second-order valence-corrected chi connectivity index (χ2v) is 5.22. The summed E-state index contributed by atoms with van der Waals surface area (Å²) in [6, 6.07) is 9.30. The van der Waals surface area contributed by atoms with E-state index in [-0.39, 0.29) is 27.9 Å². The number of ether oxygens (including phenoxy) is 1. The van der Waals surface area contributed by atoms with Crippen LogP contribution in [0.2, 0.25) is 5.02 Å². The standard InChI is InChI=1S/C16H8ClFN2O4/c17-13-5-4-11(20(22)23)8-12(13)15-19-14(16(21)24-15)7-9-2-1-3-10(18)6-9/h1-8H. The lowest BCUT2D eigenvalue weighted by Crippen LogP contribution is -2.06. The van der Waals surface area contributed by atoms with Crippen molar-refractivity contribution in [1.82, 2.24) is 0 Å². The fourth-order valence-electron chi connectivity index (χ4n) is 2.07. The van der Waals surface area contributed by atoms with Gasteiger partial charge in [-0.1, -0.05) is 23.7 Å². The molecule has 0 unspecified atom stereocenters. The van der Waals surface area contributed by atoms with Crippen molar-refractivity contribution in [1.29, 1.82) is 0 Å². The maximum atomic E-state index is 13.2. The molecule has 0 fully saturated rings. The lowest BCUT2D eigenvalue weighted by Gasteiger charge is -2.02. The summed E-state index contributed by atoms with van der Waals surface area (Å²) in [6.45, 7) is 0. The lowest BCUT2D eigenvalue weighted by atomic mass is 10.2. The third kappa shape index (κ3) is 3.16. The molecule has 2 aromatic carbocycles. The molecule has 0 spiro atoms. The molecular formula is C16H8ClFN2O4. The van der Waals surface area contributed by atoms with Crippen LogP contribution in [0.15, 0.2) is 53.2 Å². The van der Waals surface area contributed by atoms with Crippen molar-refractivity contribution in [2.24, 2.45) is 4.99 Å². The second-order valence-electron chi connectivity index (χ2n) is 4.81. The third-order valence-corrected chi connectivity index (χ3v) is 3.49. The number of benzene rings is 2. The van der Waals surface area contributed by atoms with Gasteiger partial charge in [0.15, 0.2) is 5.70 Å². The van der Waals surface area contributed by atoms with Crippen LogP contribution in [-0.2, 0) is 9.53 Å². The zero-order valence-corrected chi connectivity index (χ0v) is 12.7. The van der Waals surface area contributed by atoms with E-state index in [0.29, 0.717) is 5.56 Å². The average Bonchev–Trinajstić information content (AvgIpc) is 2.88. The van der Waals surface area contributed by atoms with E-state index in [0.717, 1.165) is 0 Å². The monoisotopic (exact) mass is 346 g/mol. The highest BCUT2D eigenvalue weighted by Crippen LogP contribution is 2.27. The number of aliphatic imine (C=N–C) groups is 1. The predicted octanol–water partition coefficient (Wildman–Crippen LogP) is 3.73. The molecule has 0 N–H and O–H groups in total. The largest absolute Gasteiger partial charge is 0.402 e. The van der Waals surface area contributed by atoms with Gasteiger partial charge >= 0.3 is 5.97 Å². The summed E-state index contributed by atoms with van der Waals surface area (Å²) in [7, 11) is 0. The fraction of sp³-hybridized carbons (Fsp3) is 0. The van der Waals surface area contributed by atoms with Gasteiger partial charge in [0.2, 0.25) is 5.90 Å². The van der Waals surface area contributed by atoms with Crippen molar-refractivity contribution < 1.29 is 18.8 Å². The van der Waals surface area contributed by atoms with Crippen molar-refractivity contribution in [3.05, 3.63) is 80.2 Å². The molecule has 1 aliphatic heterocycles. The highest BCUT2D eigenvalue weighted by Gasteiger charge is 2.27. The molecule has 3 rings (SSSR count). The van der Waals surface area contributed by atoms with Crippen LogP contribution in [-0.4, -0.2) is 16.8 Å². The quantitative estimate of drug-likeness (QED) is 0.367. The van der Waals surface area contributed by atoms with E-state index in [2.05, 4.69) is 4.99 Å². The molecule has 2 aromatic rings. The Hall–Kier alpha value is -3.06. The van der Waals surface area contributed by atoms with Gasteiger partial charge in [-0.05, 0) is 29.8 Å². The van der Waals surface area contributed by atoms with E-state index >= 15 is 0 Å². The van der Waals surface area contributed by atoms with Gasteiger partial charge in [0.05, 0.1) is 15.5 Å². The Morgan fingerprint density at radius 1 is 1.25 bits per heavy atom. The fourth-order valence-corrected chi connectivity index (χ4v) is 2.27. The number of halogens is 2. The molecule has 120 valence electrons. The van der Waals surface area contributed by atoms with Gasteiger partial charge in [0, 0.05) is 12.1 Å².